The van der Waals surface area contributed by atoms with E-state index in [9.17, 15) is 4.79 Å². The summed E-state index contributed by atoms with van der Waals surface area (Å²) in [6.07, 6.45) is 7.12. The van der Waals surface area contributed by atoms with Gasteiger partial charge in [-0.25, -0.2) is 19.6 Å². The average molecular weight is 426 g/mol. The Morgan fingerprint density at radius 1 is 1.12 bits per heavy atom. The highest BCUT2D eigenvalue weighted by Gasteiger charge is 2.35. The highest BCUT2D eigenvalue weighted by Crippen LogP contribution is 2.40. The van der Waals surface area contributed by atoms with Crippen molar-refractivity contribution in [1.29, 1.82) is 0 Å². The molecule has 8 nitrogen and oxygen atoms in total. The molecule has 0 radical (unpaired) electrons. The van der Waals surface area contributed by atoms with Crippen LogP contribution < -0.4 is 10.5 Å². The van der Waals surface area contributed by atoms with Gasteiger partial charge in [0.05, 0.1) is 11.4 Å². The molecule has 32 heavy (non-hydrogen) atoms. The van der Waals surface area contributed by atoms with Crippen LogP contribution in [0.25, 0.3) is 22.3 Å². The van der Waals surface area contributed by atoms with Crippen molar-refractivity contribution in [3.05, 3.63) is 67.6 Å². The SMILES string of the molecule is C=CC(=O)C1CCCC1n1nc(-c2ccc(Oc3ccccn3)cc2)c2c(N)ncnc21. The number of benzene rings is 1. The zero-order valence-electron chi connectivity index (χ0n) is 17.4. The molecular formula is C24H22N6O2. The maximum atomic E-state index is 12.4. The summed E-state index contributed by atoms with van der Waals surface area (Å²) in [6, 6.07) is 13.0. The summed E-state index contributed by atoms with van der Waals surface area (Å²) < 4.78 is 7.63. The minimum Gasteiger partial charge on any atom is -0.439 e. The summed E-state index contributed by atoms with van der Waals surface area (Å²) in [5, 5.41) is 5.56. The molecule has 8 heteroatoms. The molecule has 3 aromatic heterocycles. The van der Waals surface area contributed by atoms with Crippen LogP contribution in [-0.2, 0) is 4.79 Å². The zero-order chi connectivity index (χ0) is 22.1. The summed E-state index contributed by atoms with van der Waals surface area (Å²) in [6.45, 7) is 3.66. The summed E-state index contributed by atoms with van der Waals surface area (Å²) >= 11 is 0. The Morgan fingerprint density at radius 3 is 2.72 bits per heavy atom. The van der Waals surface area contributed by atoms with Crippen molar-refractivity contribution in [2.24, 2.45) is 5.92 Å². The lowest BCUT2D eigenvalue weighted by atomic mass is 9.98. The first kappa shape index (κ1) is 19.9. The van der Waals surface area contributed by atoms with Crippen molar-refractivity contribution in [3.63, 3.8) is 0 Å². The summed E-state index contributed by atoms with van der Waals surface area (Å²) in [7, 11) is 0. The van der Waals surface area contributed by atoms with Crippen LogP contribution in [0.4, 0.5) is 5.82 Å². The van der Waals surface area contributed by atoms with E-state index >= 15 is 0 Å². The van der Waals surface area contributed by atoms with Crippen LogP contribution in [-0.4, -0.2) is 30.5 Å². The molecule has 3 heterocycles. The van der Waals surface area contributed by atoms with Gasteiger partial charge >= 0.3 is 0 Å². The second-order valence-electron chi connectivity index (χ2n) is 7.76. The highest BCUT2D eigenvalue weighted by atomic mass is 16.5. The Kier molecular flexibility index (Phi) is 5.10. The first-order valence-corrected chi connectivity index (χ1v) is 10.5. The normalized spacial score (nSPS) is 18.0. The van der Waals surface area contributed by atoms with E-state index in [2.05, 4.69) is 21.5 Å². The lowest BCUT2D eigenvalue weighted by Crippen LogP contribution is -2.21. The third-order valence-corrected chi connectivity index (χ3v) is 5.87. The van der Waals surface area contributed by atoms with Crippen molar-refractivity contribution in [1.82, 2.24) is 24.7 Å². The largest absolute Gasteiger partial charge is 0.439 e. The third-order valence-electron chi connectivity index (χ3n) is 5.87. The van der Waals surface area contributed by atoms with Gasteiger partial charge in [-0.1, -0.05) is 19.1 Å². The lowest BCUT2D eigenvalue weighted by Gasteiger charge is -2.18. The summed E-state index contributed by atoms with van der Waals surface area (Å²) in [4.78, 5) is 25.2. The summed E-state index contributed by atoms with van der Waals surface area (Å²) in [5.41, 5.74) is 8.41. The number of carbonyl (C=O) groups is 1. The number of nitrogens with zero attached hydrogens (tertiary/aromatic N) is 5. The smallest absolute Gasteiger partial charge is 0.219 e. The number of ether oxygens (including phenoxy) is 1. The number of nitrogens with two attached hydrogens (primary N) is 1. The standard InChI is InChI=1S/C24H22N6O2/c1-2-19(31)17-6-5-7-18(17)30-24-21(23(25)27-14-28-24)22(29-30)15-9-11-16(12-10-15)32-20-8-3-4-13-26-20/h2-4,8-14,17-18H,1,5-7H2,(H2,25,27,28). The number of rotatable bonds is 6. The van der Waals surface area contributed by atoms with Gasteiger partial charge in [0.2, 0.25) is 5.88 Å². The van der Waals surface area contributed by atoms with E-state index < -0.39 is 0 Å². The van der Waals surface area contributed by atoms with Crippen molar-refractivity contribution in [3.8, 4) is 22.9 Å². The Labute approximate surface area is 184 Å². The van der Waals surface area contributed by atoms with Crippen LogP contribution in [0.2, 0.25) is 0 Å². The van der Waals surface area contributed by atoms with Crippen LogP contribution in [0, 0.1) is 5.92 Å². The van der Waals surface area contributed by atoms with Gasteiger partial charge in [-0.05, 0) is 49.2 Å². The molecule has 1 fully saturated rings. The van der Waals surface area contributed by atoms with Crippen LogP contribution >= 0.6 is 0 Å². The second kappa shape index (κ2) is 8.22. The topological polar surface area (TPSA) is 109 Å². The van der Waals surface area contributed by atoms with Gasteiger partial charge in [0, 0.05) is 23.7 Å². The van der Waals surface area contributed by atoms with Crippen LogP contribution in [0.1, 0.15) is 25.3 Å². The maximum absolute atomic E-state index is 12.4. The molecule has 2 N–H and O–H groups in total. The van der Waals surface area contributed by atoms with Gasteiger partial charge in [-0.3, -0.25) is 4.79 Å². The van der Waals surface area contributed by atoms with Crippen molar-refractivity contribution >= 4 is 22.6 Å². The number of anilines is 1. The molecule has 1 aliphatic rings. The number of allylic oxidation sites excluding steroid dienone is 1. The van der Waals surface area contributed by atoms with Crippen molar-refractivity contribution in [2.45, 2.75) is 25.3 Å². The minimum atomic E-state index is -0.159. The molecule has 1 aliphatic carbocycles. The highest BCUT2D eigenvalue weighted by molar-refractivity contribution is 5.98. The number of pyridine rings is 1. The fourth-order valence-corrected chi connectivity index (χ4v) is 4.35. The second-order valence-corrected chi connectivity index (χ2v) is 7.76. The minimum absolute atomic E-state index is 0.0377. The Bertz CT molecular complexity index is 1280. The van der Waals surface area contributed by atoms with Gasteiger partial charge in [-0.15, -0.1) is 0 Å². The molecule has 160 valence electrons. The predicted octanol–water partition coefficient (Wildman–Crippen LogP) is 4.36. The number of fused-ring (bicyclic) bond motifs is 1. The first-order chi connectivity index (χ1) is 15.7. The van der Waals surface area contributed by atoms with E-state index in [1.807, 2.05) is 41.1 Å². The molecule has 4 aromatic rings. The van der Waals surface area contributed by atoms with E-state index in [1.54, 1.807) is 12.3 Å². The number of aromatic nitrogens is 5. The molecule has 0 aliphatic heterocycles. The van der Waals surface area contributed by atoms with Crippen molar-refractivity contribution < 1.29 is 9.53 Å². The van der Waals surface area contributed by atoms with Gasteiger partial charge in [-0.2, -0.15) is 5.10 Å². The van der Waals surface area contributed by atoms with Crippen LogP contribution in [0.3, 0.4) is 0 Å². The quantitative estimate of drug-likeness (QED) is 0.456. The molecule has 5 rings (SSSR count). The third kappa shape index (κ3) is 3.49. The Hall–Kier alpha value is -4.07. The molecule has 2 unspecified atom stereocenters. The molecular weight excluding hydrogens is 404 g/mol. The van der Waals surface area contributed by atoms with Gasteiger partial charge in [0.25, 0.3) is 0 Å². The van der Waals surface area contributed by atoms with E-state index in [0.29, 0.717) is 34.2 Å². The lowest BCUT2D eigenvalue weighted by molar-refractivity contribution is -0.119. The Morgan fingerprint density at radius 2 is 1.97 bits per heavy atom. The zero-order valence-corrected chi connectivity index (χ0v) is 17.4. The van der Waals surface area contributed by atoms with Crippen LogP contribution in [0.15, 0.2) is 67.6 Å². The van der Waals surface area contributed by atoms with Crippen molar-refractivity contribution in [2.75, 3.05) is 5.73 Å². The number of carbonyl (C=O) groups excluding carboxylic acids is 1. The van der Waals surface area contributed by atoms with E-state index in [0.717, 1.165) is 24.8 Å². The number of nitrogen functional groups attached to an aromatic ring is 1. The summed E-state index contributed by atoms with van der Waals surface area (Å²) in [5.74, 6) is 1.42. The fourth-order valence-electron chi connectivity index (χ4n) is 4.35. The number of hydrogen-bond acceptors (Lipinski definition) is 7. The predicted molar refractivity (Wildman–Crippen MR) is 121 cm³/mol. The van der Waals surface area contributed by atoms with E-state index in [-0.39, 0.29) is 17.7 Å². The van der Waals surface area contributed by atoms with E-state index in [1.165, 1.54) is 12.4 Å². The van der Waals surface area contributed by atoms with Gasteiger partial charge in [0.15, 0.2) is 11.4 Å². The Balaban J connectivity index is 1.55. The molecule has 0 bridgehead atoms. The average Bonchev–Trinajstić information content (AvgIpc) is 3.45. The van der Waals surface area contributed by atoms with Gasteiger partial charge < -0.3 is 10.5 Å². The monoisotopic (exact) mass is 426 g/mol. The fraction of sp³-hybridized carbons (Fsp3) is 0.208. The molecule has 0 spiro atoms. The molecule has 0 amide bonds. The molecule has 1 aromatic carbocycles. The van der Waals surface area contributed by atoms with Crippen LogP contribution in [0.5, 0.6) is 11.6 Å². The van der Waals surface area contributed by atoms with E-state index in [4.69, 9.17) is 15.6 Å². The molecule has 0 saturated heterocycles. The molecule has 1 saturated carbocycles. The number of hydrogen-bond donors (Lipinski definition) is 1. The maximum Gasteiger partial charge on any atom is 0.219 e. The van der Waals surface area contributed by atoms with Gasteiger partial charge in [0.1, 0.15) is 23.6 Å². The number of ketones is 1. The first-order valence-electron chi connectivity index (χ1n) is 10.5. The molecule has 2 atom stereocenters.